The molecule has 0 aliphatic heterocycles. The molecule has 0 heterocycles. The first-order valence-corrected chi connectivity index (χ1v) is 5.91. The van der Waals surface area contributed by atoms with E-state index in [0.717, 1.165) is 5.56 Å². The predicted molar refractivity (Wildman–Crippen MR) is 65.9 cm³/mol. The van der Waals surface area contributed by atoms with Crippen LogP contribution in [0.2, 0.25) is 0 Å². The molecule has 1 amide bonds. The van der Waals surface area contributed by atoms with Gasteiger partial charge in [-0.3, -0.25) is 4.79 Å². The number of carbonyl (C=O) groups excluding carboxylic acids is 1. The zero-order valence-corrected chi connectivity index (χ0v) is 9.94. The van der Waals surface area contributed by atoms with E-state index >= 15 is 0 Å². The zero-order valence-electron chi connectivity index (χ0n) is 9.94. The van der Waals surface area contributed by atoms with Crippen molar-refractivity contribution in [2.45, 2.75) is 25.8 Å². The topological polar surface area (TPSA) is 75.4 Å². The second-order valence-electron chi connectivity index (χ2n) is 4.71. The van der Waals surface area contributed by atoms with Gasteiger partial charge >= 0.3 is 0 Å². The van der Waals surface area contributed by atoms with E-state index in [2.05, 4.69) is 5.32 Å². The first kappa shape index (κ1) is 11.9. The number of nitrogens with two attached hydrogens (primary N) is 1. The molecule has 0 spiro atoms. The van der Waals surface area contributed by atoms with Crippen molar-refractivity contribution in [2.24, 2.45) is 11.7 Å². The fraction of sp³-hybridized carbons (Fsp3) is 0.462. The van der Waals surface area contributed by atoms with Crippen molar-refractivity contribution in [1.82, 2.24) is 5.32 Å². The molecule has 1 aromatic rings. The third-order valence-corrected chi connectivity index (χ3v) is 3.20. The Balaban J connectivity index is 1.92. The van der Waals surface area contributed by atoms with Gasteiger partial charge in [-0.05, 0) is 43.4 Å². The number of rotatable bonds is 4. The Morgan fingerprint density at radius 3 is 2.88 bits per heavy atom. The van der Waals surface area contributed by atoms with E-state index in [1.165, 1.54) is 18.9 Å². The summed E-state index contributed by atoms with van der Waals surface area (Å²) in [6, 6.07) is 4.96. The monoisotopic (exact) mass is 234 g/mol. The Hall–Kier alpha value is -1.55. The highest BCUT2D eigenvalue weighted by Gasteiger charge is 2.28. The van der Waals surface area contributed by atoms with Gasteiger partial charge in [0.25, 0.3) is 5.91 Å². The van der Waals surface area contributed by atoms with Crippen LogP contribution in [0.25, 0.3) is 0 Å². The highest BCUT2D eigenvalue weighted by Crippen LogP contribution is 2.31. The number of nitrogens with one attached hydrogen (secondary N) is 1. The van der Waals surface area contributed by atoms with Crippen LogP contribution in [0.3, 0.4) is 0 Å². The maximum Gasteiger partial charge on any atom is 0.251 e. The highest BCUT2D eigenvalue weighted by atomic mass is 16.3. The van der Waals surface area contributed by atoms with Gasteiger partial charge in [-0.1, -0.05) is 6.07 Å². The van der Waals surface area contributed by atoms with Crippen molar-refractivity contribution >= 4 is 5.91 Å². The molecule has 0 aromatic heterocycles. The second kappa shape index (κ2) is 4.75. The van der Waals surface area contributed by atoms with Gasteiger partial charge < -0.3 is 16.2 Å². The van der Waals surface area contributed by atoms with Gasteiger partial charge in [0.1, 0.15) is 5.75 Å². The van der Waals surface area contributed by atoms with Crippen LogP contribution in [0.1, 0.15) is 28.8 Å². The average Bonchev–Trinajstić information content (AvgIpc) is 3.13. The molecule has 17 heavy (non-hydrogen) atoms. The van der Waals surface area contributed by atoms with Crippen molar-refractivity contribution in [2.75, 3.05) is 6.54 Å². The van der Waals surface area contributed by atoms with Crippen molar-refractivity contribution in [1.29, 1.82) is 0 Å². The van der Waals surface area contributed by atoms with Gasteiger partial charge in [0, 0.05) is 18.2 Å². The molecule has 1 atom stereocenters. The fourth-order valence-corrected chi connectivity index (χ4v) is 1.75. The van der Waals surface area contributed by atoms with Gasteiger partial charge in [0.2, 0.25) is 0 Å². The lowest BCUT2D eigenvalue weighted by Crippen LogP contribution is -2.38. The Morgan fingerprint density at radius 1 is 1.59 bits per heavy atom. The SMILES string of the molecule is Cc1ccc(C(=O)NCC(N)C2CC2)cc1O. The summed E-state index contributed by atoms with van der Waals surface area (Å²) in [7, 11) is 0. The number of aryl methyl sites for hydroxylation is 1. The summed E-state index contributed by atoms with van der Waals surface area (Å²) in [6.45, 7) is 2.29. The third kappa shape index (κ3) is 2.97. The first-order valence-electron chi connectivity index (χ1n) is 5.91. The number of phenolic OH excluding ortho intramolecular Hbond substituents is 1. The van der Waals surface area contributed by atoms with Gasteiger partial charge in [0.15, 0.2) is 0 Å². The molecule has 1 aliphatic carbocycles. The largest absolute Gasteiger partial charge is 0.508 e. The molecule has 2 rings (SSSR count). The molecule has 1 aliphatic rings. The summed E-state index contributed by atoms with van der Waals surface area (Å²) in [6.07, 6.45) is 2.34. The maximum absolute atomic E-state index is 11.8. The lowest BCUT2D eigenvalue weighted by molar-refractivity contribution is 0.0950. The van der Waals surface area contributed by atoms with Gasteiger partial charge in [-0.25, -0.2) is 0 Å². The summed E-state index contributed by atoms with van der Waals surface area (Å²) >= 11 is 0. The molecular formula is C13H18N2O2. The summed E-state index contributed by atoms with van der Waals surface area (Å²) < 4.78 is 0. The highest BCUT2D eigenvalue weighted by molar-refractivity contribution is 5.94. The summed E-state index contributed by atoms with van der Waals surface area (Å²) in [4.78, 5) is 11.8. The Morgan fingerprint density at radius 2 is 2.29 bits per heavy atom. The van der Waals surface area contributed by atoms with E-state index in [1.54, 1.807) is 19.1 Å². The van der Waals surface area contributed by atoms with Crippen molar-refractivity contribution in [3.8, 4) is 5.75 Å². The van der Waals surface area contributed by atoms with Gasteiger partial charge in [0.05, 0.1) is 0 Å². The third-order valence-electron chi connectivity index (χ3n) is 3.20. The van der Waals surface area contributed by atoms with Crippen molar-refractivity contribution in [3.05, 3.63) is 29.3 Å². The molecular weight excluding hydrogens is 216 g/mol. The van der Waals surface area contributed by atoms with Crippen LogP contribution < -0.4 is 11.1 Å². The minimum Gasteiger partial charge on any atom is -0.508 e. The second-order valence-corrected chi connectivity index (χ2v) is 4.71. The molecule has 1 aromatic carbocycles. The van der Waals surface area contributed by atoms with Crippen LogP contribution >= 0.6 is 0 Å². The summed E-state index contributed by atoms with van der Waals surface area (Å²) in [5, 5.41) is 12.3. The minimum atomic E-state index is -0.184. The van der Waals surface area contributed by atoms with E-state index in [1.807, 2.05) is 0 Å². The standard InChI is InChI=1S/C13H18N2O2/c1-8-2-3-10(6-12(8)16)13(17)15-7-11(14)9-4-5-9/h2-3,6,9,11,16H,4-5,7,14H2,1H3,(H,15,17). The molecule has 4 nitrogen and oxygen atoms in total. The minimum absolute atomic E-state index is 0.0537. The zero-order chi connectivity index (χ0) is 12.4. The van der Waals surface area contributed by atoms with Crippen LogP contribution in [-0.4, -0.2) is 23.6 Å². The van der Waals surface area contributed by atoms with Crippen molar-refractivity contribution < 1.29 is 9.90 Å². The molecule has 0 radical (unpaired) electrons. The van der Waals surface area contributed by atoms with E-state index in [0.29, 0.717) is 18.0 Å². The molecule has 0 saturated heterocycles. The Labute approximate surface area is 101 Å². The number of phenols is 1. The number of hydrogen-bond acceptors (Lipinski definition) is 3. The molecule has 1 fully saturated rings. The first-order chi connectivity index (χ1) is 8.08. The molecule has 4 heteroatoms. The number of carbonyl (C=O) groups is 1. The molecule has 4 N–H and O–H groups in total. The predicted octanol–water partition coefficient (Wildman–Crippen LogP) is 1.17. The van der Waals surface area contributed by atoms with E-state index in [9.17, 15) is 9.90 Å². The van der Waals surface area contributed by atoms with E-state index in [-0.39, 0.29) is 17.7 Å². The van der Waals surface area contributed by atoms with Crippen LogP contribution in [0.5, 0.6) is 5.75 Å². The van der Waals surface area contributed by atoms with Crippen molar-refractivity contribution in [3.63, 3.8) is 0 Å². The maximum atomic E-state index is 11.8. The smallest absolute Gasteiger partial charge is 0.251 e. The Bertz CT molecular complexity index is 427. The molecule has 1 unspecified atom stereocenters. The average molecular weight is 234 g/mol. The van der Waals surface area contributed by atoms with Gasteiger partial charge in [-0.15, -0.1) is 0 Å². The van der Waals surface area contributed by atoms with Crippen LogP contribution in [-0.2, 0) is 0 Å². The van der Waals surface area contributed by atoms with Crippen LogP contribution in [0, 0.1) is 12.8 Å². The van der Waals surface area contributed by atoms with Gasteiger partial charge in [-0.2, -0.15) is 0 Å². The van der Waals surface area contributed by atoms with E-state index in [4.69, 9.17) is 5.73 Å². The number of aromatic hydroxyl groups is 1. The van der Waals surface area contributed by atoms with E-state index < -0.39 is 0 Å². The summed E-state index contributed by atoms with van der Waals surface area (Å²) in [5.74, 6) is 0.530. The quantitative estimate of drug-likeness (QED) is 0.732. The fourth-order valence-electron chi connectivity index (χ4n) is 1.75. The molecule has 0 bridgehead atoms. The molecule has 1 saturated carbocycles. The van der Waals surface area contributed by atoms with Crippen LogP contribution in [0.15, 0.2) is 18.2 Å². The lowest BCUT2D eigenvalue weighted by atomic mass is 10.1. The summed E-state index contributed by atoms with van der Waals surface area (Å²) in [5.41, 5.74) is 7.12. The normalized spacial score (nSPS) is 16.6. The van der Waals surface area contributed by atoms with Crippen LogP contribution in [0.4, 0.5) is 0 Å². The number of benzene rings is 1. The number of amides is 1. The Kier molecular flexibility index (Phi) is 3.33. The molecule has 92 valence electrons. The lowest BCUT2D eigenvalue weighted by Gasteiger charge is -2.11. The number of hydrogen-bond donors (Lipinski definition) is 3.